The van der Waals surface area contributed by atoms with Crippen molar-refractivity contribution in [3.63, 3.8) is 0 Å². The predicted molar refractivity (Wildman–Crippen MR) is 14.7 cm³/mol. The molecule has 1 unspecified atom stereocenters. The van der Waals surface area contributed by atoms with Crippen LogP contribution < -0.4 is 0 Å². The summed E-state index contributed by atoms with van der Waals surface area (Å²) in [5.41, 5.74) is 0. The van der Waals surface area contributed by atoms with Gasteiger partial charge in [0, 0.05) is 0 Å². The molecule has 0 saturated carbocycles. The summed E-state index contributed by atoms with van der Waals surface area (Å²) in [6.45, 7) is 0. The van der Waals surface area contributed by atoms with E-state index in [1.54, 1.807) is 0 Å². The van der Waals surface area contributed by atoms with Gasteiger partial charge in [-0.3, -0.25) is 14.2 Å². The summed E-state index contributed by atoms with van der Waals surface area (Å²) in [7, 11) is 0. The van der Waals surface area contributed by atoms with Crippen molar-refractivity contribution in [1.82, 2.24) is 0 Å². The second kappa shape index (κ2) is 0.430. The van der Waals surface area contributed by atoms with Crippen molar-refractivity contribution in [2.45, 2.75) is 18.1 Å². The van der Waals surface area contributed by atoms with Gasteiger partial charge < -0.3 is 5.11 Å². The fourth-order valence-electron chi connectivity index (χ4n) is 0.905. The Hall–Kier alpha value is -0.160. The highest BCUT2D eigenvalue weighted by molar-refractivity contribution is 5.21. The third kappa shape index (κ3) is 0.111. The van der Waals surface area contributed by atoms with E-state index in [0.29, 0.717) is 0 Å². The number of aliphatic hydroxyl groups is 1. The molecule has 3 rings (SSSR count). The molecule has 4 heteroatoms. The highest BCUT2D eigenvalue weighted by atomic mass is 17.2. The normalized spacial score (nSPS) is 81.0. The maximum absolute atomic E-state index is 8.58. The van der Waals surface area contributed by atoms with Gasteiger partial charge in [0.05, 0.1) is 0 Å². The van der Waals surface area contributed by atoms with Gasteiger partial charge in [0.1, 0.15) is 0 Å². The van der Waals surface area contributed by atoms with E-state index in [1.807, 2.05) is 0 Å². The molecule has 3 heterocycles. The van der Waals surface area contributed by atoms with Crippen LogP contribution in [0.25, 0.3) is 0 Å². The lowest BCUT2D eigenvalue weighted by atomic mass is 10.3. The van der Waals surface area contributed by atoms with Crippen LogP contribution in [0.1, 0.15) is 0 Å². The van der Waals surface area contributed by atoms with E-state index >= 15 is 0 Å². The third-order valence-electron chi connectivity index (χ3n) is 1.51. The number of ether oxygens (including phenoxy) is 3. The first-order valence-electron chi connectivity index (χ1n) is 2.05. The molecule has 0 radical (unpaired) electrons. The summed E-state index contributed by atoms with van der Waals surface area (Å²) < 4.78 is 14.0. The van der Waals surface area contributed by atoms with Crippen molar-refractivity contribution in [3.05, 3.63) is 0 Å². The molecule has 0 spiro atoms. The average Bonchev–Trinajstić information content (AvgIpc) is 2.15. The van der Waals surface area contributed by atoms with Gasteiger partial charge in [0.15, 0.2) is 0 Å². The van der Waals surface area contributed by atoms with Gasteiger partial charge in [-0.15, -0.1) is 0 Å². The standard InChI is InChI=1S/C3H2O4/c4-1-2-3(5-1,6-2)7-2/h1,4H. The van der Waals surface area contributed by atoms with E-state index in [9.17, 15) is 0 Å². The molecule has 3 saturated heterocycles. The van der Waals surface area contributed by atoms with E-state index in [2.05, 4.69) is 4.74 Å². The molecule has 0 aromatic carbocycles. The number of hydrogen-bond donors (Lipinski definition) is 1. The van der Waals surface area contributed by atoms with Crippen LogP contribution in [-0.4, -0.2) is 23.2 Å². The lowest BCUT2D eigenvalue weighted by Crippen LogP contribution is -2.32. The molecule has 3 aliphatic rings. The maximum Gasteiger partial charge on any atom is 0.354 e. The minimum Gasteiger partial charge on any atom is -0.363 e. The van der Waals surface area contributed by atoms with E-state index in [1.165, 1.54) is 0 Å². The molecule has 1 N–H and O–H groups in total. The monoisotopic (exact) mass is 102 g/mol. The molecule has 7 heavy (non-hydrogen) atoms. The van der Waals surface area contributed by atoms with Gasteiger partial charge >= 0.3 is 11.8 Å². The van der Waals surface area contributed by atoms with Crippen LogP contribution in [0.5, 0.6) is 0 Å². The number of hydrogen-bond acceptors (Lipinski definition) is 4. The lowest BCUT2D eigenvalue weighted by Gasteiger charge is -2.05. The minimum absolute atomic E-state index is 0.674. The molecule has 0 bridgehead atoms. The number of epoxide rings is 2. The highest BCUT2D eigenvalue weighted by Crippen LogP contribution is 2.78. The van der Waals surface area contributed by atoms with Gasteiger partial charge in [-0.05, 0) is 0 Å². The van der Waals surface area contributed by atoms with Gasteiger partial charge in [-0.25, -0.2) is 0 Å². The lowest BCUT2D eigenvalue weighted by molar-refractivity contribution is -0.187. The summed E-state index contributed by atoms with van der Waals surface area (Å²) in [4.78, 5) is 0. The third-order valence-corrected chi connectivity index (χ3v) is 1.51. The van der Waals surface area contributed by atoms with E-state index in [-0.39, 0.29) is 0 Å². The Balaban J connectivity index is 2.14. The molecule has 4 nitrogen and oxygen atoms in total. The van der Waals surface area contributed by atoms with Crippen molar-refractivity contribution in [3.8, 4) is 0 Å². The molecule has 3 aliphatic heterocycles. The maximum atomic E-state index is 8.58. The van der Waals surface area contributed by atoms with E-state index in [4.69, 9.17) is 14.6 Å². The zero-order valence-electron chi connectivity index (χ0n) is 3.25. The molecular formula is C3H2O4. The van der Waals surface area contributed by atoms with E-state index < -0.39 is 18.1 Å². The van der Waals surface area contributed by atoms with Crippen molar-refractivity contribution in [2.24, 2.45) is 0 Å². The average molecular weight is 102 g/mol. The van der Waals surface area contributed by atoms with Crippen molar-refractivity contribution < 1.29 is 19.3 Å². The van der Waals surface area contributed by atoms with Crippen LogP contribution in [-0.2, 0) is 14.2 Å². The number of aliphatic hydroxyl groups excluding tert-OH is 1. The Bertz CT molecular complexity index is 147. The second-order valence-corrected chi connectivity index (χ2v) is 1.90. The van der Waals surface area contributed by atoms with Crippen LogP contribution in [0.3, 0.4) is 0 Å². The topological polar surface area (TPSA) is 54.5 Å². The SMILES string of the molecule is OC1OC23OC12O3. The largest absolute Gasteiger partial charge is 0.363 e. The molecular weight excluding hydrogens is 100 g/mol. The van der Waals surface area contributed by atoms with E-state index in [0.717, 1.165) is 0 Å². The Morgan fingerprint density at radius 3 is 2.14 bits per heavy atom. The molecule has 1 atom stereocenters. The quantitative estimate of drug-likeness (QED) is 0.388. The molecule has 3 fully saturated rings. The Morgan fingerprint density at radius 2 is 2.14 bits per heavy atom. The molecule has 0 aliphatic carbocycles. The fraction of sp³-hybridized carbons (Fsp3) is 1.00. The zero-order valence-corrected chi connectivity index (χ0v) is 3.25. The fourth-order valence-corrected chi connectivity index (χ4v) is 0.905. The van der Waals surface area contributed by atoms with Crippen LogP contribution >= 0.6 is 0 Å². The molecule has 38 valence electrons. The molecule has 0 aromatic heterocycles. The van der Waals surface area contributed by atoms with Gasteiger partial charge in [-0.2, -0.15) is 0 Å². The Labute approximate surface area is 38.6 Å². The summed E-state index contributed by atoms with van der Waals surface area (Å²) in [5.74, 6) is -1.42. The van der Waals surface area contributed by atoms with Crippen molar-refractivity contribution in [1.29, 1.82) is 0 Å². The van der Waals surface area contributed by atoms with Crippen LogP contribution in [0.4, 0.5) is 0 Å². The van der Waals surface area contributed by atoms with Gasteiger partial charge in [-0.1, -0.05) is 0 Å². The van der Waals surface area contributed by atoms with Gasteiger partial charge in [0.2, 0.25) is 6.29 Å². The summed E-state index contributed by atoms with van der Waals surface area (Å²) in [5, 5.41) is 8.58. The molecule has 0 amide bonds. The van der Waals surface area contributed by atoms with Crippen molar-refractivity contribution >= 4 is 0 Å². The smallest absolute Gasteiger partial charge is 0.354 e. The Kier molecular flexibility index (Phi) is 0.183. The van der Waals surface area contributed by atoms with Crippen LogP contribution in [0.2, 0.25) is 0 Å². The summed E-state index contributed by atoms with van der Waals surface area (Å²) in [6.07, 6.45) is -0.826. The second-order valence-electron chi connectivity index (χ2n) is 1.90. The highest BCUT2D eigenvalue weighted by Gasteiger charge is 3.06. The Morgan fingerprint density at radius 1 is 1.43 bits per heavy atom. The predicted octanol–water partition coefficient (Wildman–Crippen LogP) is -1.25. The molecule has 0 aromatic rings. The summed E-state index contributed by atoms with van der Waals surface area (Å²) >= 11 is 0. The minimum atomic E-state index is -0.826. The summed E-state index contributed by atoms with van der Waals surface area (Å²) in [6, 6.07) is 0. The first-order chi connectivity index (χ1) is 3.29. The zero-order chi connectivity index (χ0) is 4.70. The van der Waals surface area contributed by atoms with Crippen LogP contribution in [0, 0.1) is 0 Å². The van der Waals surface area contributed by atoms with Gasteiger partial charge in [0.25, 0.3) is 0 Å². The first-order valence-corrected chi connectivity index (χ1v) is 2.05. The van der Waals surface area contributed by atoms with Crippen LogP contribution in [0.15, 0.2) is 0 Å². The number of rotatable bonds is 0. The first kappa shape index (κ1) is 2.99. The van der Waals surface area contributed by atoms with Crippen molar-refractivity contribution in [2.75, 3.05) is 0 Å².